The molecule has 0 spiro atoms. The molecule has 1 aromatic carbocycles. The molecule has 96 valence electrons. The fourth-order valence-corrected chi connectivity index (χ4v) is 1.88. The van der Waals surface area contributed by atoms with E-state index >= 15 is 0 Å². The van der Waals surface area contributed by atoms with E-state index in [2.05, 4.69) is 18.7 Å². The first-order valence-electron chi connectivity index (χ1n) is 6.34. The van der Waals surface area contributed by atoms with Crippen molar-refractivity contribution >= 4 is 5.69 Å². The molecule has 0 aliphatic heterocycles. The number of hydrogen-bond donors (Lipinski definition) is 2. The molecule has 0 aliphatic carbocycles. The van der Waals surface area contributed by atoms with Crippen LogP contribution >= 0.6 is 0 Å². The zero-order chi connectivity index (χ0) is 12.8. The highest BCUT2D eigenvalue weighted by atomic mass is 16.3. The van der Waals surface area contributed by atoms with Crippen LogP contribution in [0.5, 0.6) is 0 Å². The fourth-order valence-electron chi connectivity index (χ4n) is 1.88. The Labute approximate surface area is 104 Å². The normalized spacial score (nSPS) is 13.0. The molecule has 1 unspecified atom stereocenters. The third-order valence-electron chi connectivity index (χ3n) is 3.30. The predicted molar refractivity (Wildman–Crippen MR) is 73.0 cm³/mol. The monoisotopic (exact) mass is 236 g/mol. The highest BCUT2D eigenvalue weighted by Gasteiger charge is 2.10. The summed E-state index contributed by atoms with van der Waals surface area (Å²) in [5.41, 5.74) is 8.58. The average molecular weight is 236 g/mol. The minimum absolute atomic E-state index is 0.418. The number of aryl methyl sites for hydroxylation is 1. The van der Waals surface area contributed by atoms with Gasteiger partial charge in [-0.25, -0.2) is 0 Å². The lowest BCUT2D eigenvalue weighted by Crippen LogP contribution is -2.25. The van der Waals surface area contributed by atoms with Crippen molar-refractivity contribution < 1.29 is 5.11 Å². The van der Waals surface area contributed by atoms with E-state index in [9.17, 15) is 5.11 Å². The molecule has 3 nitrogen and oxygen atoms in total. The molecule has 0 heterocycles. The zero-order valence-corrected chi connectivity index (χ0v) is 11.1. The molecule has 17 heavy (non-hydrogen) atoms. The van der Waals surface area contributed by atoms with Crippen LogP contribution in [-0.4, -0.2) is 29.6 Å². The van der Waals surface area contributed by atoms with Gasteiger partial charge in [0, 0.05) is 12.2 Å². The SMILES string of the molecule is CCN(CC)CCC(O)c1ccc(C)c(N)c1. The van der Waals surface area contributed by atoms with Gasteiger partial charge in [0.05, 0.1) is 6.10 Å². The van der Waals surface area contributed by atoms with Crippen LogP contribution in [0.3, 0.4) is 0 Å². The summed E-state index contributed by atoms with van der Waals surface area (Å²) in [5.74, 6) is 0. The minimum Gasteiger partial charge on any atom is -0.399 e. The lowest BCUT2D eigenvalue weighted by Gasteiger charge is -2.20. The highest BCUT2D eigenvalue weighted by Crippen LogP contribution is 2.21. The smallest absolute Gasteiger partial charge is 0.0803 e. The van der Waals surface area contributed by atoms with Gasteiger partial charge < -0.3 is 15.7 Å². The maximum atomic E-state index is 10.1. The number of aliphatic hydroxyl groups excluding tert-OH is 1. The van der Waals surface area contributed by atoms with E-state index in [4.69, 9.17) is 5.73 Å². The van der Waals surface area contributed by atoms with Crippen molar-refractivity contribution in [2.45, 2.75) is 33.3 Å². The van der Waals surface area contributed by atoms with Crippen LogP contribution in [0.15, 0.2) is 18.2 Å². The molecule has 0 saturated carbocycles. The Bertz CT molecular complexity index is 348. The summed E-state index contributed by atoms with van der Waals surface area (Å²) in [6, 6.07) is 5.80. The largest absolute Gasteiger partial charge is 0.399 e. The number of anilines is 1. The Kier molecular flexibility index (Phi) is 5.45. The Morgan fingerprint density at radius 1 is 1.29 bits per heavy atom. The average Bonchev–Trinajstić information content (AvgIpc) is 2.33. The molecule has 0 radical (unpaired) electrons. The molecule has 1 rings (SSSR count). The molecular formula is C14H24N2O. The van der Waals surface area contributed by atoms with E-state index in [1.165, 1.54) is 0 Å². The van der Waals surface area contributed by atoms with E-state index in [1.54, 1.807) is 0 Å². The van der Waals surface area contributed by atoms with Crippen LogP contribution in [0.1, 0.15) is 37.5 Å². The number of nitrogens with zero attached hydrogens (tertiary/aromatic N) is 1. The summed E-state index contributed by atoms with van der Waals surface area (Å²) in [6.45, 7) is 9.22. The predicted octanol–water partition coefficient (Wildman–Crippen LogP) is 2.34. The molecule has 1 atom stereocenters. The van der Waals surface area contributed by atoms with Crippen LogP contribution in [0.4, 0.5) is 5.69 Å². The number of nitrogen functional groups attached to an aromatic ring is 1. The first kappa shape index (κ1) is 14.0. The fraction of sp³-hybridized carbons (Fsp3) is 0.571. The van der Waals surface area contributed by atoms with E-state index in [-0.39, 0.29) is 0 Å². The van der Waals surface area contributed by atoms with Gasteiger partial charge in [-0.05, 0) is 43.6 Å². The number of nitrogens with two attached hydrogens (primary N) is 1. The van der Waals surface area contributed by atoms with Gasteiger partial charge in [0.25, 0.3) is 0 Å². The molecule has 3 heteroatoms. The van der Waals surface area contributed by atoms with Crippen molar-refractivity contribution in [2.75, 3.05) is 25.4 Å². The van der Waals surface area contributed by atoms with Gasteiger partial charge in [-0.2, -0.15) is 0 Å². The van der Waals surface area contributed by atoms with Crippen LogP contribution < -0.4 is 5.73 Å². The molecule has 0 saturated heterocycles. The van der Waals surface area contributed by atoms with Gasteiger partial charge in [0.2, 0.25) is 0 Å². The van der Waals surface area contributed by atoms with Crippen molar-refractivity contribution in [1.29, 1.82) is 0 Å². The van der Waals surface area contributed by atoms with Crippen LogP contribution in [-0.2, 0) is 0 Å². The second-order valence-corrected chi connectivity index (χ2v) is 4.45. The number of hydrogen-bond acceptors (Lipinski definition) is 3. The van der Waals surface area contributed by atoms with Gasteiger partial charge in [0.15, 0.2) is 0 Å². The standard InChI is InChI=1S/C14H24N2O/c1-4-16(5-2)9-8-14(17)12-7-6-11(3)13(15)10-12/h6-7,10,14,17H,4-5,8-9,15H2,1-3H3. The molecule has 0 amide bonds. The lowest BCUT2D eigenvalue weighted by molar-refractivity contribution is 0.145. The number of rotatable bonds is 6. The highest BCUT2D eigenvalue weighted by molar-refractivity contribution is 5.48. The Morgan fingerprint density at radius 2 is 1.94 bits per heavy atom. The van der Waals surface area contributed by atoms with Crippen LogP contribution in [0, 0.1) is 6.92 Å². The molecular weight excluding hydrogens is 212 g/mol. The van der Waals surface area contributed by atoms with E-state index in [0.717, 1.165) is 42.9 Å². The Morgan fingerprint density at radius 3 is 2.47 bits per heavy atom. The van der Waals surface area contributed by atoms with Gasteiger partial charge in [-0.15, -0.1) is 0 Å². The number of aliphatic hydroxyl groups is 1. The second-order valence-electron chi connectivity index (χ2n) is 4.45. The van der Waals surface area contributed by atoms with Crippen molar-refractivity contribution in [1.82, 2.24) is 4.90 Å². The zero-order valence-electron chi connectivity index (χ0n) is 11.1. The number of benzene rings is 1. The third kappa shape index (κ3) is 4.02. The maximum absolute atomic E-state index is 10.1. The first-order valence-corrected chi connectivity index (χ1v) is 6.34. The van der Waals surface area contributed by atoms with Crippen molar-refractivity contribution in [3.63, 3.8) is 0 Å². The Hall–Kier alpha value is -1.06. The topological polar surface area (TPSA) is 49.5 Å². The molecule has 3 N–H and O–H groups in total. The van der Waals surface area contributed by atoms with Gasteiger partial charge in [-0.1, -0.05) is 26.0 Å². The van der Waals surface area contributed by atoms with E-state index in [1.807, 2.05) is 25.1 Å². The summed E-state index contributed by atoms with van der Waals surface area (Å²) in [4.78, 5) is 2.31. The van der Waals surface area contributed by atoms with Crippen molar-refractivity contribution in [3.8, 4) is 0 Å². The first-order chi connectivity index (χ1) is 8.08. The van der Waals surface area contributed by atoms with Crippen molar-refractivity contribution in [2.24, 2.45) is 0 Å². The molecule has 0 aromatic heterocycles. The van der Waals surface area contributed by atoms with Crippen LogP contribution in [0.2, 0.25) is 0 Å². The van der Waals surface area contributed by atoms with Gasteiger partial charge in [-0.3, -0.25) is 0 Å². The quantitative estimate of drug-likeness (QED) is 0.745. The second kappa shape index (κ2) is 6.62. The van der Waals surface area contributed by atoms with E-state index < -0.39 is 6.10 Å². The lowest BCUT2D eigenvalue weighted by atomic mass is 10.0. The summed E-state index contributed by atoms with van der Waals surface area (Å²) in [7, 11) is 0. The molecule has 0 aliphatic rings. The van der Waals surface area contributed by atoms with Gasteiger partial charge >= 0.3 is 0 Å². The molecule has 0 fully saturated rings. The van der Waals surface area contributed by atoms with E-state index in [0.29, 0.717) is 0 Å². The summed E-state index contributed by atoms with van der Waals surface area (Å²) in [5, 5.41) is 10.1. The summed E-state index contributed by atoms with van der Waals surface area (Å²) in [6.07, 6.45) is 0.336. The van der Waals surface area contributed by atoms with Crippen LogP contribution in [0.25, 0.3) is 0 Å². The van der Waals surface area contributed by atoms with Gasteiger partial charge in [0.1, 0.15) is 0 Å². The Balaban J connectivity index is 2.57. The minimum atomic E-state index is -0.418. The van der Waals surface area contributed by atoms with Crippen molar-refractivity contribution in [3.05, 3.63) is 29.3 Å². The molecule has 1 aromatic rings. The maximum Gasteiger partial charge on any atom is 0.0803 e. The summed E-state index contributed by atoms with van der Waals surface area (Å²) >= 11 is 0. The summed E-state index contributed by atoms with van der Waals surface area (Å²) < 4.78 is 0. The third-order valence-corrected chi connectivity index (χ3v) is 3.30. The molecule has 0 bridgehead atoms.